The van der Waals surface area contributed by atoms with Crippen LogP contribution in [0.4, 0.5) is 0 Å². The van der Waals surface area contributed by atoms with Gasteiger partial charge in [-0.2, -0.15) is 0 Å². The van der Waals surface area contributed by atoms with E-state index in [2.05, 4.69) is 48.5 Å². The molecule has 0 rings (SSSR count). The first-order valence-corrected chi connectivity index (χ1v) is 9.30. The van der Waals surface area contributed by atoms with Gasteiger partial charge in [-0.25, -0.2) is 0 Å². The molecule has 0 aromatic heterocycles. The number of hydrogen-bond acceptors (Lipinski definition) is 0. The summed E-state index contributed by atoms with van der Waals surface area (Å²) >= 11 is 0. The molecule has 0 heterocycles. The van der Waals surface area contributed by atoms with E-state index in [1.54, 1.807) is 0 Å². The molecular formula is C21H40. The van der Waals surface area contributed by atoms with Gasteiger partial charge in [-0.3, -0.25) is 0 Å². The molecule has 0 heteroatoms. The van der Waals surface area contributed by atoms with Gasteiger partial charge in [0, 0.05) is 0 Å². The molecule has 0 nitrogen and oxygen atoms in total. The van der Waals surface area contributed by atoms with Crippen LogP contribution in [0.5, 0.6) is 0 Å². The van der Waals surface area contributed by atoms with Gasteiger partial charge in [0.15, 0.2) is 0 Å². The third-order valence-electron chi connectivity index (χ3n) is 4.91. The molecule has 0 spiro atoms. The summed E-state index contributed by atoms with van der Waals surface area (Å²) in [5, 5.41) is 0. The lowest BCUT2D eigenvalue weighted by molar-refractivity contribution is 0.335. The van der Waals surface area contributed by atoms with E-state index in [9.17, 15) is 0 Å². The molecule has 0 aliphatic heterocycles. The minimum absolute atomic E-state index is 0.362. The van der Waals surface area contributed by atoms with Gasteiger partial charge in [-0.05, 0) is 56.8 Å². The smallest absolute Gasteiger partial charge is 0.0174 e. The van der Waals surface area contributed by atoms with Crippen molar-refractivity contribution >= 4 is 0 Å². The zero-order chi connectivity index (χ0) is 16.3. The average Bonchev–Trinajstić information content (AvgIpc) is 2.44. The topological polar surface area (TPSA) is 0 Å². The third kappa shape index (κ3) is 9.59. The Morgan fingerprint density at radius 2 is 1.14 bits per heavy atom. The molecule has 21 heavy (non-hydrogen) atoms. The molecule has 0 amide bonds. The van der Waals surface area contributed by atoms with E-state index in [4.69, 9.17) is 0 Å². The second-order valence-electron chi connectivity index (χ2n) is 7.13. The molecule has 0 saturated heterocycles. The minimum atomic E-state index is -0.362. The lowest BCUT2D eigenvalue weighted by atomic mass is 9.70. The van der Waals surface area contributed by atoms with Crippen LogP contribution in [-0.2, 0) is 0 Å². The van der Waals surface area contributed by atoms with Crippen molar-refractivity contribution in [1.29, 1.82) is 0 Å². The van der Waals surface area contributed by atoms with Crippen LogP contribution in [0.1, 0.15) is 91.9 Å². The molecule has 0 aromatic rings. The second-order valence-corrected chi connectivity index (χ2v) is 7.13. The Kier molecular flexibility index (Phi) is 11.6. The first-order chi connectivity index (χ1) is 9.88. The third-order valence-corrected chi connectivity index (χ3v) is 4.91. The molecule has 0 fully saturated rings. The van der Waals surface area contributed by atoms with E-state index in [0.717, 1.165) is 11.8 Å². The monoisotopic (exact) mass is 292 g/mol. The van der Waals surface area contributed by atoms with Gasteiger partial charge >= 0.3 is 0 Å². The summed E-state index contributed by atoms with van der Waals surface area (Å²) in [6, 6.07) is 0. The van der Waals surface area contributed by atoms with Gasteiger partial charge in [-0.1, -0.05) is 79.1 Å². The SMILES string of the molecule is [CH2]C([CH2])([CH2])[C](CC(CC)CCCC)CC(CC)CCCC. The molecule has 124 valence electrons. The summed E-state index contributed by atoms with van der Waals surface area (Å²) in [5.74, 6) is 3.11. The van der Waals surface area contributed by atoms with Crippen molar-refractivity contribution < 1.29 is 0 Å². The standard InChI is InChI=1S/C21H40/c1-8-12-14-18(10-3)16-20(21(5,6)7)17-19(11-4)15-13-9-2/h18-19H,5-17H2,1-4H3. The molecule has 2 unspecified atom stereocenters. The van der Waals surface area contributed by atoms with Gasteiger partial charge in [-0.15, -0.1) is 0 Å². The van der Waals surface area contributed by atoms with E-state index in [0.29, 0.717) is 0 Å². The van der Waals surface area contributed by atoms with Crippen molar-refractivity contribution in [2.24, 2.45) is 17.3 Å². The molecule has 0 N–H and O–H groups in total. The Hall–Kier alpha value is 0. The Balaban J connectivity index is 4.63. The Bertz CT molecular complexity index is 205. The van der Waals surface area contributed by atoms with E-state index in [-0.39, 0.29) is 5.41 Å². The van der Waals surface area contributed by atoms with Gasteiger partial charge in [0.2, 0.25) is 0 Å². The predicted molar refractivity (Wildman–Crippen MR) is 97.6 cm³/mol. The summed E-state index contributed by atoms with van der Waals surface area (Å²) in [6.45, 7) is 21.9. The maximum atomic E-state index is 4.25. The molecule has 2 atom stereocenters. The van der Waals surface area contributed by atoms with Crippen molar-refractivity contribution in [3.05, 3.63) is 26.7 Å². The molecular weight excluding hydrogens is 252 g/mol. The quantitative estimate of drug-likeness (QED) is 0.335. The highest BCUT2D eigenvalue weighted by Gasteiger charge is 2.29. The summed E-state index contributed by atoms with van der Waals surface area (Å²) in [6.07, 6.45) is 12.9. The fourth-order valence-corrected chi connectivity index (χ4v) is 3.10. The van der Waals surface area contributed by atoms with E-state index in [1.807, 2.05) is 0 Å². The van der Waals surface area contributed by atoms with Crippen LogP contribution in [0.15, 0.2) is 0 Å². The zero-order valence-electron chi connectivity index (χ0n) is 15.3. The number of unbranched alkanes of at least 4 members (excludes halogenated alkanes) is 2. The average molecular weight is 293 g/mol. The Morgan fingerprint density at radius 1 is 0.762 bits per heavy atom. The summed E-state index contributed by atoms with van der Waals surface area (Å²) in [4.78, 5) is 0. The van der Waals surface area contributed by atoms with Gasteiger partial charge in [0.1, 0.15) is 0 Å². The lowest BCUT2D eigenvalue weighted by Gasteiger charge is -2.35. The Labute approximate surface area is 136 Å². The van der Waals surface area contributed by atoms with Crippen LogP contribution < -0.4 is 0 Å². The first-order valence-electron chi connectivity index (χ1n) is 9.30. The van der Waals surface area contributed by atoms with E-state index >= 15 is 0 Å². The number of rotatable bonds is 13. The van der Waals surface area contributed by atoms with Gasteiger partial charge < -0.3 is 0 Å². The molecule has 0 bridgehead atoms. The fourth-order valence-electron chi connectivity index (χ4n) is 3.10. The van der Waals surface area contributed by atoms with Crippen molar-refractivity contribution in [1.82, 2.24) is 0 Å². The van der Waals surface area contributed by atoms with Crippen molar-refractivity contribution in [3.63, 3.8) is 0 Å². The summed E-state index contributed by atoms with van der Waals surface area (Å²) in [7, 11) is 0. The lowest BCUT2D eigenvalue weighted by Crippen LogP contribution is -2.25. The highest BCUT2D eigenvalue weighted by molar-refractivity contribution is 5.13. The highest BCUT2D eigenvalue weighted by Crippen LogP contribution is 2.40. The first kappa shape index (κ1) is 21.0. The summed E-state index contributed by atoms with van der Waals surface area (Å²) in [5.41, 5.74) is -0.362. The predicted octanol–water partition coefficient (Wildman–Crippen LogP) is 7.26. The fraction of sp³-hybridized carbons (Fsp3) is 0.810. The summed E-state index contributed by atoms with van der Waals surface area (Å²) < 4.78 is 0. The van der Waals surface area contributed by atoms with Crippen LogP contribution in [0.2, 0.25) is 0 Å². The van der Waals surface area contributed by atoms with Crippen molar-refractivity contribution in [2.45, 2.75) is 91.9 Å². The van der Waals surface area contributed by atoms with Gasteiger partial charge in [0.25, 0.3) is 0 Å². The maximum absolute atomic E-state index is 4.25. The van der Waals surface area contributed by atoms with Crippen LogP contribution in [0.25, 0.3) is 0 Å². The van der Waals surface area contributed by atoms with E-state index in [1.165, 1.54) is 70.1 Å². The van der Waals surface area contributed by atoms with E-state index < -0.39 is 0 Å². The normalized spacial score (nSPS) is 15.4. The molecule has 0 saturated carbocycles. The zero-order valence-corrected chi connectivity index (χ0v) is 15.3. The van der Waals surface area contributed by atoms with Crippen molar-refractivity contribution in [3.8, 4) is 0 Å². The second kappa shape index (κ2) is 11.6. The minimum Gasteiger partial charge on any atom is -0.0654 e. The molecule has 4 radical (unpaired) electrons. The molecule has 0 aromatic carbocycles. The Morgan fingerprint density at radius 3 is 1.38 bits per heavy atom. The maximum Gasteiger partial charge on any atom is -0.0174 e. The number of hydrogen-bond donors (Lipinski definition) is 0. The largest absolute Gasteiger partial charge is 0.0654 e. The van der Waals surface area contributed by atoms with Crippen molar-refractivity contribution in [2.75, 3.05) is 0 Å². The van der Waals surface area contributed by atoms with Crippen LogP contribution >= 0.6 is 0 Å². The van der Waals surface area contributed by atoms with Crippen LogP contribution in [-0.4, -0.2) is 0 Å². The molecule has 0 aliphatic carbocycles. The van der Waals surface area contributed by atoms with Crippen LogP contribution in [0.3, 0.4) is 0 Å². The van der Waals surface area contributed by atoms with Gasteiger partial charge in [0.05, 0.1) is 0 Å². The van der Waals surface area contributed by atoms with Crippen LogP contribution in [0, 0.1) is 43.9 Å². The molecule has 0 aliphatic rings. The highest BCUT2D eigenvalue weighted by atomic mass is 14.3.